The van der Waals surface area contributed by atoms with E-state index in [0.29, 0.717) is 0 Å². The molecule has 0 saturated heterocycles. The van der Waals surface area contributed by atoms with Gasteiger partial charge >= 0.3 is 0 Å². The van der Waals surface area contributed by atoms with Crippen molar-refractivity contribution >= 4 is 56.1 Å². The molecule has 0 amide bonds. The van der Waals surface area contributed by atoms with Crippen molar-refractivity contribution in [2.24, 2.45) is 0 Å². The number of hydrogen-bond donors (Lipinski definition) is 0. The summed E-state index contributed by atoms with van der Waals surface area (Å²) in [5, 5.41) is 14.6. The Balaban J connectivity index is -0.0000000269. The van der Waals surface area contributed by atoms with Crippen molar-refractivity contribution in [3.05, 3.63) is 226 Å². The van der Waals surface area contributed by atoms with E-state index in [0.717, 1.165) is 0 Å². The summed E-state index contributed by atoms with van der Waals surface area (Å²) in [6.07, 6.45) is 10.5. The molecule has 16 radical (unpaired) electrons. The Kier molecular flexibility index (Phi) is 206. The van der Waals surface area contributed by atoms with Crippen molar-refractivity contribution in [1.82, 2.24) is 19.9 Å². The largest absolute Gasteiger partial charge is 0.265 e. The number of hydrogen-bond acceptors (Lipinski definition) is 8. The van der Waals surface area contributed by atoms with Gasteiger partial charge < -0.3 is 0 Å². The predicted molar refractivity (Wildman–Crippen MR) is 225 cm³/mol. The first kappa shape index (κ1) is 125. The van der Waals surface area contributed by atoms with E-state index in [2.05, 4.69) is 68.5 Å². The standard InChI is InChI=1S/C10H8.C6H6.2C5H5N.2C4H4S.2C3H3NS.2CH4.16Y/c1-2-6-10-8-4-3-7-9(10)5-1;3*1-2-4-6-5-3-1;2*1-2-4-5-3-1;2*1-2-5-3-4-1;;;;;;;;;;;;;;;;;;/h1-8H;1-6H;2*1-5H;2*1-4H;2*1-3H;2*1H4;;;;;;;;;;;;;;;;. The zero-order valence-electron chi connectivity index (χ0n) is 35.6. The Bertz CT molecular complexity index is 1410. The molecule has 0 bridgehead atoms. The van der Waals surface area contributed by atoms with E-state index in [1.165, 1.54) is 10.8 Å². The number of rotatable bonds is 0. The minimum atomic E-state index is 0. The average Bonchev–Trinajstić information content (AvgIpc) is 4.05. The van der Waals surface area contributed by atoms with Crippen LogP contribution < -0.4 is 0 Å². The number of pyridine rings is 2. The Morgan fingerprint density at radius 2 is 0.439 bits per heavy atom. The Hall–Kier alpha value is 12.5. The summed E-state index contributed by atoms with van der Waals surface area (Å²) in [6, 6.07) is 48.2. The van der Waals surface area contributed by atoms with Gasteiger partial charge in [0.2, 0.25) is 0 Å². The van der Waals surface area contributed by atoms with Crippen LogP contribution in [0, 0.1) is 0 Å². The smallest absolute Gasteiger partial charge is 0.0791 e. The molecule has 0 N–H and O–H groups in total. The van der Waals surface area contributed by atoms with Crippen LogP contribution in [0.3, 0.4) is 0 Å². The second-order valence-corrected chi connectivity index (χ2v) is 11.6. The van der Waals surface area contributed by atoms with Crippen LogP contribution in [-0.4, -0.2) is 19.9 Å². The fourth-order valence-corrected chi connectivity index (χ4v) is 4.56. The van der Waals surface area contributed by atoms with Crippen LogP contribution in [0.1, 0.15) is 14.9 Å². The van der Waals surface area contributed by atoms with Crippen LogP contribution in [-0.2, 0) is 523 Å². The molecular weight excluding hydrogens is 2110 g/mol. The number of fused-ring (bicyclic) bond motifs is 1. The van der Waals surface area contributed by atoms with E-state index < -0.39 is 0 Å². The molecular formula is C42H46N4S4Y16. The molecule has 0 saturated carbocycles. The summed E-state index contributed by atoms with van der Waals surface area (Å²) in [5.74, 6) is 0. The Labute approximate surface area is 817 Å². The number of thiophene rings is 2. The van der Waals surface area contributed by atoms with Gasteiger partial charge in [-0.05, 0) is 56.6 Å². The molecule has 0 aliphatic rings. The quantitative estimate of drug-likeness (QED) is 0.152. The zero-order chi connectivity index (χ0) is 33.7. The fourth-order valence-electron chi connectivity index (χ4n) is 2.95. The summed E-state index contributed by atoms with van der Waals surface area (Å²) >= 11 is 6.63. The van der Waals surface area contributed by atoms with Crippen LogP contribution in [0.15, 0.2) is 226 Å². The van der Waals surface area contributed by atoms with E-state index in [1.54, 1.807) is 93.5 Å². The van der Waals surface area contributed by atoms with Gasteiger partial charge in [-0.1, -0.05) is 136 Å². The average molecular weight is 2160 g/mol. The second-order valence-electron chi connectivity index (χ2n) is 8.49. The molecule has 0 aliphatic carbocycles. The predicted octanol–water partition coefficient (Wildman–Crippen LogP) is 13.7. The van der Waals surface area contributed by atoms with E-state index in [9.17, 15) is 0 Å². The van der Waals surface area contributed by atoms with Gasteiger partial charge in [0.05, 0.1) is 11.0 Å². The minimum absolute atomic E-state index is 0. The zero-order valence-corrected chi connectivity index (χ0v) is 84.3. The van der Waals surface area contributed by atoms with Crippen LogP contribution >= 0.6 is 45.3 Å². The molecule has 0 aliphatic heterocycles. The molecule has 4 nitrogen and oxygen atoms in total. The summed E-state index contributed by atoms with van der Waals surface area (Å²) in [5.41, 5.74) is 3.58. The maximum Gasteiger partial charge on any atom is 0.0791 e. The van der Waals surface area contributed by atoms with E-state index in [-0.39, 0.29) is 538 Å². The third-order valence-corrected chi connectivity index (χ3v) is 7.31. The molecule has 24 heteroatoms. The summed E-state index contributed by atoms with van der Waals surface area (Å²) < 4.78 is 0. The third-order valence-electron chi connectivity index (χ3n) is 5.00. The summed E-state index contributed by atoms with van der Waals surface area (Å²) in [7, 11) is 0. The van der Waals surface area contributed by atoms with Crippen molar-refractivity contribution in [3.63, 3.8) is 0 Å². The molecule has 0 fully saturated rings. The van der Waals surface area contributed by atoms with E-state index >= 15 is 0 Å². The number of benzene rings is 3. The third kappa shape index (κ3) is 93.0. The molecule has 3 aromatic carbocycles. The normalized spacial score (nSPS) is 6.12. The van der Waals surface area contributed by atoms with E-state index in [1.807, 2.05) is 129 Å². The molecule has 0 spiro atoms. The van der Waals surface area contributed by atoms with Crippen LogP contribution in [0.4, 0.5) is 0 Å². The van der Waals surface area contributed by atoms with Gasteiger partial charge in [-0.3, -0.25) is 19.9 Å². The van der Waals surface area contributed by atoms with Gasteiger partial charge in [-0.2, -0.15) is 22.7 Å². The first-order valence-corrected chi connectivity index (χ1v) is 18.5. The first-order chi connectivity index (χ1) is 24.0. The summed E-state index contributed by atoms with van der Waals surface area (Å²) in [6.45, 7) is 0. The molecule has 66 heavy (non-hydrogen) atoms. The molecule has 6 aromatic heterocycles. The summed E-state index contributed by atoms with van der Waals surface area (Å²) in [4.78, 5) is 15.1. The molecule has 9 aromatic rings. The Morgan fingerprint density at radius 1 is 0.212 bits per heavy atom. The topological polar surface area (TPSA) is 51.6 Å². The van der Waals surface area contributed by atoms with Crippen molar-refractivity contribution in [1.29, 1.82) is 0 Å². The Morgan fingerprint density at radius 3 is 0.545 bits per heavy atom. The van der Waals surface area contributed by atoms with Crippen molar-refractivity contribution in [2.45, 2.75) is 14.9 Å². The van der Waals surface area contributed by atoms with Gasteiger partial charge in [0.1, 0.15) is 0 Å². The molecule has 306 valence electrons. The van der Waals surface area contributed by atoms with Gasteiger partial charge in [0.15, 0.2) is 0 Å². The van der Waals surface area contributed by atoms with Crippen molar-refractivity contribution in [3.8, 4) is 0 Å². The maximum absolute atomic E-state index is 3.78. The van der Waals surface area contributed by atoms with Gasteiger partial charge in [0.25, 0.3) is 0 Å². The number of nitrogens with zero attached hydrogens (tertiary/aromatic N) is 4. The van der Waals surface area contributed by atoms with Crippen LogP contribution in [0.25, 0.3) is 10.8 Å². The van der Waals surface area contributed by atoms with Gasteiger partial charge in [0, 0.05) is 571 Å². The van der Waals surface area contributed by atoms with Crippen molar-refractivity contribution < 1.29 is 523 Å². The second kappa shape index (κ2) is 109. The fraction of sp³-hybridized carbons (Fsp3) is 0.0476. The number of thiazole rings is 2. The monoisotopic (exact) mass is 2160 g/mol. The minimum Gasteiger partial charge on any atom is -0.265 e. The molecule has 9 rings (SSSR count). The maximum atomic E-state index is 3.78. The molecule has 0 unspecified atom stereocenters. The SMILES string of the molecule is C.C.[Y].[Y].[Y].[Y].[Y].[Y].[Y].[Y].[Y].[Y].[Y].[Y].[Y].[Y].[Y].[Y].c1ccc2ccccc2c1.c1ccccc1.c1ccncc1.c1ccncc1.c1ccsc1.c1ccsc1.c1cscn1.c1cscn1. The molecule has 6 heterocycles. The van der Waals surface area contributed by atoms with E-state index in [4.69, 9.17) is 0 Å². The van der Waals surface area contributed by atoms with Gasteiger partial charge in [-0.15, -0.1) is 22.7 Å². The van der Waals surface area contributed by atoms with Crippen molar-refractivity contribution in [2.75, 3.05) is 0 Å². The molecule has 0 atom stereocenters. The first-order valence-electron chi connectivity index (χ1n) is 14.7. The number of aromatic nitrogens is 4. The van der Waals surface area contributed by atoms with Crippen LogP contribution in [0.5, 0.6) is 0 Å². The van der Waals surface area contributed by atoms with Crippen LogP contribution in [0.2, 0.25) is 0 Å². The van der Waals surface area contributed by atoms with Gasteiger partial charge in [-0.25, -0.2) is 0 Å².